The number of allylic oxidation sites excluding steroid dienone is 4. The predicted octanol–water partition coefficient (Wildman–Crippen LogP) is 3.53. The summed E-state index contributed by atoms with van der Waals surface area (Å²) in [6, 6.07) is 0. The molecule has 0 aromatic rings. The summed E-state index contributed by atoms with van der Waals surface area (Å²) in [7, 11) is 0. The number of halogens is 1. The van der Waals surface area contributed by atoms with Crippen molar-refractivity contribution < 1.29 is 0 Å². The summed E-state index contributed by atoms with van der Waals surface area (Å²) < 4.78 is 0. The zero-order valence-electron chi connectivity index (χ0n) is 7.23. The van der Waals surface area contributed by atoms with Crippen LogP contribution in [0.2, 0.25) is 0 Å². The fourth-order valence-corrected chi connectivity index (χ4v) is 1.51. The highest BCUT2D eigenvalue weighted by Crippen LogP contribution is 2.24. The van der Waals surface area contributed by atoms with E-state index in [4.69, 9.17) is 11.6 Å². The molecule has 1 rings (SSSR count). The van der Waals surface area contributed by atoms with E-state index in [1.807, 2.05) is 0 Å². The fraction of sp³-hybridized carbons (Fsp3) is 0.600. The van der Waals surface area contributed by atoms with E-state index >= 15 is 0 Å². The summed E-state index contributed by atoms with van der Waals surface area (Å²) in [4.78, 5) is 0. The average molecular weight is 171 g/mol. The van der Waals surface area contributed by atoms with Crippen LogP contribution in [0, 0.1) is 5.92 Å². The molecule has 11 heavy (non-hydrogen) atoms. The Morgan fingerprint density at radius 1 is 1.36 bits per heavy atom. The molecule has 0 saturated heterocycles. The van der Waals surface area contributed by atoms with Gasteiger partial charge in [0.25, 0.3) is 0 Å². The first-order valence-electron chi connectivity index (χ1n) is 4.18. The van der Waals surface area contributed by atoms with Gasteiger partial charge in [0.05, 0.1) is 0 Å². The van der Waals surface area contributed by atoms with Crippen molar-refractivity contribution in [2.24, 2.45) is 5.92 Å². The predicted molar refractivity (Wildman–Crippen MR) is 51.0 cm³/mol. The standard InChI is InChI=1S/C10H15Cl/c1-8(2)10-5-3-9(7-11)4-6-10/h3,5,8H,4,6-7H2,1-2H3. The fourth-order valence-electron chi connectivity index (χ4n) is 1.29. The van der Waals surface area contributed by atoms with Gasteiger partial charge in [-0.3, -0.25) is 0 Å². The van der Waals surface area contributed by atoms with E-state index in [0.717, 1.165) is 6.42 Å². The molecule has 0 bridgehead atoms. The third-order valence-electron chi connectivity index (χ3n) is 2.18. The molecule has 0 spiro atoms. The second-order valence-corrected chi connectivity index (χ2v) is 3.62. The topological polar surface area (TPSA) is 0 Å². The van der Waals surface area contributed by atoms with E-state index in [-0.39, 0.29) is 0 Å². The van der Waals surface area contributed by atoms with Gasteiger partial charge >= 0.3 is 0 Å². The molecule has 1 aliphatic carbocycles. The van der Waals surface area contributed by atoms with Gasteiger partial charge in [-0.1, -0.05) is 37.1 Å². The Kier molecular flexibility index (Phi) is 3.19. The summed E-state index contributed by atoms with van der Waals surface area (Å²) >= 11 is 5.71. The van der Waals surface area contributed by atoms with Crippen LogP contribution in [-0.4, -0.2) is 5.88 Å². The minimum absolute atomic E-state index is 0.696. The van der Waals surface area contributed by atoms with Crippen molar-refractivity contribution in [3.05, 3.63) is 23.3 Å². The van der Waals surface area contributed by atoms with Gasteiger partial charge in [0, 0.05) is 5.88 Å². The molecule has 0 unspecified atom stereocenters. The van der Waals surface area contributed by atoms with Crippen molar-refractivity contribution in [1.82, 2.24) is 0 Å². The summed E-state index contributed by atoms with van der Waals surface area (Å²) in [6.45, 7) is 4.48. The monoisotopic (exact) mass is 170 g/mol. The van der Waals surface area contributed by atoms with E-state index in [2.05, 4.69) is 26.0 Å². The summed E-state index contributed by atoms with van der Waals surface area (Å²) in [5.41, 5.74) is 2.93. The molecule has 62 valence electrons. The van der Waals surface area contributed by atoms with Gasteiger partial charge < -0.3 is 0 Å². The molecule has 0 radical (unpaired) electrons. The van der Waals surface area contributed by atoms with E-state index in [0.29, 0.717) is 11.8 Å². The molecule has 0 heterocycles. The number of alkyl halides is 1. The number of rotatable bonds is 2. The third kappa shape index (κ3) is 2.37. The van der Waals surface area contributed by atoms with Gasteiger partial charge in [0.15, 0.2) is 0 Å². The maximum atomic E-state index is 5.71. The van der Waals surface area contributed by atoms with Crippen LogP contribution in [0.25, 0.3) is 0 Å². The molecule has 0 nitrogen and oxygen atoms in total. The smallest absolute Gasteiger partial charge is 0.0436 e. The van der Waals surface area contributed by atoms with Crippen LogP contribution < -0.4 is 0 Å². The number of hydrogen-bond donors (Lipinski definition) is 0. The molecule has 0 N–H and O–H groups in total. The highest BCUT2D eigenvalue weighted by Gasteiger charge is 2.07. The van der Waals surface area contributed by atoms with Gasteiger partial charge in [0.1, 0.15) is 0 Å². The van der Waals surface area contributed by atoms with Gasteiger partial charge in [0.2, 0.25) is 0 Å². The van der Waals surface area contributed by atoms with Crippen molar-refractivity contribution in [3.8, 4) is 0 Å². The van der Waals surface area contributed by atoms with Gasteiger partial charge in [-0.15, -0.1) is 11.6 Å². The van der Waals surface area contributed by atoms with Crippen LogP contribution in [-0.2, 0) is 0 Å². The van der Waals surface area contributed by atoms with Gasteiger partial charge in [-0.25, -0.2) is 0 Å². The summed E-state index contributed by atoms with van der Waals surface area (Å²) in [5.74, 6) is 1.39. The lowest BCUT2D eigenvalue weighted by molar-refractivity contribution is 0.700. The highest BCUT2D eigenvalue weighted by atomic mass is 35.5. The minimum atomic E-state index is 0.696. The molecular weight excluding hydrogens is 156 g/mol. The maximum absolute atomic E-state index is 5.71. The van der Waals surface area contributed by atoms with Crippen molar-refractivity contribution in [3.63, 3.8) is 0 Å². The molecular formula is C10H15Cl. The summed E-state index contributed by atoms with van der Waals surface area (Å²) in [6.07, 6.45) is 6.77. The molecule has 0 saturated carbocycles. The SMILES string of the molecule is CC(C)C1=CC=C(CCl)CC1. The lowest BCUT2D eigenvalue weighted by Crippen LogP contribution is -1.99. The van der Waals surface area contributed by atoms with E-state index in [1.165, 1.54) is 12.0 Å². The Balaban J connectivity index is 2.61. The average Bonchev–Trinajstić information content (AvgIpc) is 2.05. The Morgan fingerprint density at radius 3 is 2.45 bits per heavy atom. The van der Waals surface area contributed by atoms with Crippen molar-refractivity contribution in [1.29, 1.82) is 0 Å². The normalized spacial score (nSPS) is 18.2. The summed E-state index contributed by atoms with van der Waals surface area (Å²) in [5, 5.41) is 0. The Bertz CT molecular complexity index is 187. The Hall–Kier alpha value is -0.230. The zero-order chi connectivity index (χ0) is 8.27. The van der Waals surface area contributed by atoms with Crippen molar-refractivity contribution >= 4 is 11.6 Å². The molecule has 1 heteroatoms. The van der Waals surface area contributed by atoms with Crippen LogP contribution in [0.5, 0.6) is 0 Å². The molecule has 0 aromatic carbocycles. The molecule has 0 aromatic heterocycles. The van der Waals surface area contributed by atoms with Crippen LogP contribution >= 0.6 is 11.6 Å². The van der Waals surface area contributed by atoms with E-state index in [1.54, 1.807) is 5.57 Å². The number of hydrogen-bond acceptors (Lipinski definition) is 0. The van der Waals surface area contributed by atoms with E-state index in [9.17, 15) is 0 Å². The van der Waals surface area contributed by atoms with Crippen LogP contribution in [0.15, 0.2) is 23.3 Å². The first-order chi connectivity index (χ1) is 5.24. The van der Waals surface area contributed by atoms with Crippen LogP contribution in [0.3, 0.4) is 0 Å². The van der Waals surface area contributed by atoms with Gasteiger partial charge in [-0.05, 0) is 18.8 Å². The lowest BCUT2D eigenvalue weighted by Gasteiger charge is -2.15. The largest absolute Gasteiger partial charge is 0.122 e. The minimum Gasteiger partial charge on any atom is -0.122 e. The second-order valence-electron chi connectivity index (χ2n) is 3.35. The highest BCUT2D eigenvalue weighted by molar-refractivity contribution is 6.19. The molecule has 0 fully saturated rings. The second kappa shape index (κ2) is 3.96. The molecule has 0 atom stereocenters. The maximum Gasteiger partial charge on any atom is 0.0436 e. The third-order valence-corrected chi connectivity index (χ3v) is 2.52. The van der Waals surface area contributed by atoms with Crippen molar-refractivity contribution in [2.45, 2.75) is 26.7 Å². The van der Waals surface area contributed by atoms with Crippen molar-refractivity contribution in [2.75, 3.05) is 5.88 Å². The first-order valence-corrected chi connectivity index (χ1v) is 4.72. The Morgan fingerprint density at radius 2 is 2.09 bits per heavy atom. The lowest BCUT2D eigenvalue weighted by atomic mass is 9.92. The molecule has 0 aliphatic heterocycles. The van der Waals surface area contributed by atoms with E-state index < -0.39 is 0 Å². The zero-order valence-corrected chi connectivity index (χ0v) is 7.99. The van der Waals surface area contributed by atoms with Crippen LogP contribution in [0.1, 0.15) is 26.7 Å². The van der Waals surface area contributed by atoms with Crippen LogP contribution in [0.4, 0.5) is 0 Å². The first kappa shape index (κ1) is 8.86. The Labute approximate surface area is 73.9 Å². The van der Waals surface area contributed by atoms with Gasteiger partial charge in [-0.2, -0.15) is 0 Å². The molecule has 1 aliphatic rings. The molecule has 0 amide bonds. The quantitative estimate of drug-likeness (QED) is 0.557.